The quantitative estimate of drug-likeness (QED) is 0.434. The Bertz CT molecular complexity index is 938. The zero-order valence-corrected chi connectivity index (χ0v) is 16.6. The van der Waals surface area contributed by atoms with E-state index in [0.717, 1.165) is 22.5 Å². The predicted octanol–water partition coefficient (Wildman–Crippen LogP) is 5.83. The second-order valence-corrected chi connectivity index (χ2v) is 7.11. The van der Waals surface area contributed by atoms with Crippen molar-refractivity contribution in [3.8, 4) is 5.69 Å². The molecular formula is C21H21Cl2N3. The van der Waals surface area contributed by atoms with Crippen LogP contribution in [0, 0.1) is 20.8 Å². The summed E-state index contributed by atoms with van der Waals surface area (Å²) in [6, 6.07) is 16.1. The van der Waals surface area contributed by atoms with Gasteiger partial charge in [0, 0.05) is 38.2 Å². The Morgan fingerprint density at radius 2 is 1.69 bits per heavy atom. The van der Waals surface area contributed by atoms with Crippen molar-refractivity contribution in [2.45, 2.75) is 27.3 Å². The lowest BCUT2D eigenvalue weighted by Crippen LogP contribution is -2.07. The summed E-state index contributed by atoms with van der Waals surface area (Å²) in [5.41, 5.74) is 9.66. The average Bonchev–Trinajstić information content (AvgIpc) is 2.87. The van der Waals surface area contributed by atoms with Crippen LogP contribution in [0.15, 0.2) is 53.6 Å². The van der Waals surface area contributed by atoms with Crippen LogP contribution in [0.2, 0.25) is 10.0 Å². The Balaban J connectivity index is 1.77. The summed E-state index contributed by atoms with van der Waals surface area (Å²) in [4.78, 5) is 0. The summed E-state index contributed by atoms with van der Waals surface area (Å²) in [6.45, 7) is 6.78. The molecule has 3 nitrogen and oxygen atoms in total. The van der Waals surface area contributed by atoms with Crippen LogP contribution in [0.1, 0.15) is 28.1 Å². The molecule has 1 N–H and O–H groups in total. The van der Waals surface area contributed by atoms with Crippen molar-refractivity contribution in [3.05, 3.63) is 86.7 Å². The summed E-state index contributed by atoms with van der Waals surface area (Å²) in [6.07, 6.45) is 1.83. The van der Waals surface area contributed by atoms with Crippen LogP contribution in [-0.2, 0) is 6.54 Å². The predicted molar refractivity (Wildman–Crippen MR) is 111 cm³/mol. The van der Waals surface area contributed by atoms with E-state index in [-0.39, 0.29) is 0 Å². The molecule has 2 aromatic carbocycles. The molecule has 0 amide bonds. The van der Waals surface area contributed by atoms with Gasteiger partial charge in [-0.25, -0.2) is 0 Å². The van der Waals surface area contributed by atoms with Crippen molar-refractivity contribution < 1.29 is 0 Å². The maximum atomic E-state index is 6.18. The normalized spacial score (nSPS) is 11.3. The number of aromatic nitrogens is 1. The molecule has 0 spiro atoms. The topological polar surface area (TPSA) is 29.3 Å². The minimum absolute atomic E-state index is 0.478. The lowest BCUT2D eigenvalue weighted by molar-refractivity contribution is 0.748. The molecule has 0 saturated carbocycles. The number of nitrogens with zero attached hydrogens (tertiary/aromatic N) is 2. The Hall–Kier alpha value is -2.23. The van der Waals surface area contributed by atoms with E-state index in [2.05, 4.69) is 66.2 Å². The summed E-state index contributed by atoms with van der Waals surface area (Å²) in [7, 11) is 0. The maximum Gasteiger partial charge on any atom is 0.0609 e. The molecule has 0 bridgehead atoms. The Morgan fingerprint density at radius 3 is 2.38 bits per heavy atom. The van der Waals surface area contributed by atoms with E-state index < -0.39 is 0 Å². The molecule has 5 heteroatoms. The van der Waals surface area contributed by atoms with Crippen molar-refractivity contribution >= 4 is 29.4 Å². The van der Waals surface area contributed by atoms with Crippen LogP contribution >= 0.6 is 23.2 Å². The van der Waals surface area contributed by atoms with Crippen molar-refractivity contribution in [3.63, 3.8) is 0 Å². The van der Waals surface area contributed by atoms with Crippen LogP contribution < -0.4 is 5.43 Å². The number of halogens is 2. The fourth-order valence-electron chi connectivity index (χ4n) is 3.02. The molecule has 0 atom stereocenters. The molecule has 0 saturated heterocycles. The third-order valence-electron chi connectivity index (χ3n) is 4.34. The molecule has 1 heterocycles. The molecule has 0 radical (unpaired) electrons. The fraction of sp³-hybridized carbons (Fsp3) is 0.190. The Labute approximate surface area is 164 Å². The SMILES string of the molecule is Cc1cccc(-n2c(C)cc(/C=N\NCc3c(Cl)cccc3Cl)c2C)c1. The van der Waals surface area contributed by atoms with Crippen LogP contribution in [0.25, 0.3) is 5.69 Å². The highest BCUT2D eigenvalue weighted by atomic mass is 35.5. The van der Waals surface area contributed by atoms with E-state index in [1.54, 1.807) is 0 Å². The number of aryl methyl sites for hydroxylation is 2. The lowest BCUT2D eigenvalue weighted by atomic mass is 10.2. The number of benzene rings is 2. The third kappa shape index (κ3) is 3.95. The first-order valence-electron chi connectivity index (χ1n) is 8.42. The number of hydrazone groups is 1. The summed E-state index contributed by atoms with van der Waals surface area (Å²) >= 11 is 12.4. The first kappa shape index (κ1) is 18.6. The van der Waals surface area contributed by atoms with Crippen LogP contribution in [0.4, 0.5) is 0 Å². The second kappa shape index (κ2) is 7.98. The van der Waals surface area contributed by atoms with Crippen molar-refractivity contribution in [1.29, 1.82) is 0 Å². The smallest absolute Gasteiger partial charge is 0.0609 e. The molecular weight excluding hydrogens is 365 g/mol. The monoisotopic (exact) mass is 385 g/mol. The van der Waals surface area contributed by atoms with Gasteiger partial charge in [0.05, 0.1) is 12.8 Å². The number of hydrogen-bond donors (Lipinski definition) is 1. The van der Waals surface area contributed by atoms with Gasteiger partial charge in [0.1, 0.15) is 0 Å². The molecule has 1 aromatic heterocycles. The number of hydrogen-bond acceptors (Lipinski definition) is 2. The Morgan fingerprint density at radius 1 is 1.00 bits per heavy atom. The highest BCUT2D eigenvalue weighted by Gasteiger charge is 2.09. The highest BCUT2D eigenvalue weighted by Crippen LogP contribution is 2.24. The van der Waals surface area contributed by atoms with Gasteiger partial charge in [-0.1, -0.05) is 41.4 Å². The zero-order chi connectivity index (χ0) is 18.7. The summed E-state index contributed by atoms with van der Waals surface area (Å²) in [5, 5.41) is 5.61. The van der Waals surface area contributed by atoms with E-state index in [1.807, 2.05) is 24.4 Å². The van der Waals surface area contributed by atoms with E-state index >= 15 is 0 Å². The van der Waals surface area contributed by atoms with E-state index in [1.165, 1.54) is 11.3 Å². The van der Waals surface area contributed by atoms with Gasteiger partial charge in [-0.3, -0.25) is 0 Å². The molecule has 0 aliphatic rings. The largest absolute Gasteiger partial charge is 0.318 e. The van der Waals surface area contributed by atoms with Crippen LogP contribution in [-0.4, -0.2) is 10.8 Å². The van der Waals surface area contributed by atoms with Gasteiger partial charge in [-0.2, -0.15) is 5.10 Å². The van der Waals surface area contributed by atoms with Gasteiger partial charge in [0.25, 0.3) is 0 Å². The number of rotatable bonds is 5. The fourth-order valence-corrected chi connectivity index (χ4v) is 3.55. The number of nitrogens with one attached hydrogen (secondary N) is 1. The van der Waals surface area contributed by atoms with Gasteiger partial charge < -0.3 is 9.99 Å². The van der Waals surface area contributed by atoms with Gasteiger partial charge in [-0.15, -0.1) is 0 Å². The molecule has 3 aromatic rings. The first-order chi connectivity index (χ1) is 12.5. The average molecular weight is 386 g/mol. The molecule has 0 fully saturated rings. The van der Waals surface area contributed by atoms with Gasteiger partial charge >= 0.3 is 0 Å². The first-order valence-corrected chi connectivity index (χ1v) is 9.18. The van der Waals surface area contributed by atoms with E-state index in [0.29, 0.717) is 16.6 Å². The second-order valence-electron chi connectivity index (χ2n) is 6.29. The highest BCUT2D eigenvalue weighted by molar-refractivity contribution is 6.35. The van der Waals surface area contributed by atoms with Crippen molar-refractivity contribution in [2.24, 2.45) is 5.10 Å². The lowest BCUT2D eigenvalue weighted by Gasteiger charge is -2.10. The van der Waals surface area contributed by atoms with Crippen LogP contribution in [0.3, 0.4) is 0 Å². The van der Waals surface area contributed by atoms with Crippen molar-refractivity contribution in [1.82, 2.24) is 9.99 Å². The zero-order valence-electron chi connectivity index (χ0n) is 15.1. The minimum atomic E-state index is 0.478. The van der Waals surface area contributed by atoms with Crippen molar-refractivity contribution in [2.75, 3.05) is 0 Å². The van der Waals surface area contributed by atoms with Crippen LogP contribution in [0.5, 0.6) is 0 Å². The van der Waals surface area contributed by atoms with E-state index in [9.17, 15) is 0 Å². The van der Waals surface area contributed by atoms with E-state index in [4.69, 9.17) is 23.2 Å². The molecule has 0 unspecified atom stereocenters. The van der Waals surface area contributed by atoms with Gasteiger partial charge in [0.2, 0.25) is 0 Å². The summed E-state index contributed by atoms with van der Waals surface area (Å²) in [5.74, 6) is 0. The molecule has 0 aliphatic carbocycles. The standard InChI is InChI=1S/C21H21Cl2N3/c1-14-6-4-7-18(10-14)26-15(2)11-17(16(26)3)12-24-25-13-19-20(22)8-5-9-21(19)23/h4-12,25H,13H2,1-3H3/b24-12-. The molecule has 0 aliphatic heterocycles. The maximum absolute atomic E-state index is 6.18. The van der Waals surface area contributed by atoms with Gasteiger partial charge in [0.15, 0.2) is 0 Å². The molecule has 134 valence electrons. The Kier molecular flexibility index (Phi) is 5.70. The third-order valence-corrected chi connectivity index (χ3v) is 5.05. The summed E-state index contributed by atoms with van der Waals surface area (Å²) < 4.78 is 2.24. The molecule has 3 rings (SSSR count). The van der Waals surface area contributed by atoms with Gasteiger partial charge in [-0.05, 0) is 56.7 Å². The molecule has 26 heavy (non-hydrogen) atoms. The minimum Gasteiger partial charge on any atom is -0.318 e.